The first-order chi connectivity index (χ1) is 9.19. The number of hydrogen-bond acceptors (Lipinski definition) is 4. The van der Waals surface area contributed by atoms with E-state index in [2.05, 4.69) is 47.5 Å². The van der Waals surface area contributed by atoms with Crippen LogP contribution < -0.4 is 0 Å². The first kappa shape index (κ1) is 13.2. The Morgan fingerprint density at radius 2 is 1.89 bits per heavy atom. The zero-order chi connectivity index (χ0) is 13.3. The van der Waals surface area contributed by atoms with Crippen LogP contribution in [0.5, 0.6) is 0 Å². The molecule has 1 fully saturated rings. The molecule has 3 nitrogen and oxygen atoms in total. The van der Waals surface area contributed by atoms with Crippen molar-refractivity contribution in [1.82, 2.24) is 4.31 Å². The van der Waals surface area contributed by atoms with Crippen LogP contribution in [-0.2, 0) is 9.47 Å². The topological polar surface area (TPSA) is 21.7 Å². The summed E-state index contributed by atoms with van der Waals surface area (Å²) in [6.07, 6.45) is 3.18. The Kier molecular flexibility index (Phi) is 3.67. The molecule has 2 aliphatic heterocycles. The summed E-state index contributed by atoms with van der Waals surface area (Å²) in [7, 11) is 0. The van der Waals surface area contributed by atoms with Crippen LogP contribution in [0.4, 0.5) is 0 Å². The van der Waals surface area contributed by atoms with E-state index in [0.717, 1.165) is 13.0 Å². The van der Waals surface area contributed by atoms with E-state index in [1.807, 2.05) is 13.0 Å². The molecular weight excluding hydrogens is 258 g/mol. The first-order valence-electron chi connectivity index (χ1n) is 6.67. The Balaban J connectivity index is 1.79. The summed E-state index contributed by atoms with van der Waals surface area (Å²) in [6.45, 7) is 4.10. The van der Waals surface area contributed by atoms with Gasteiger partial charge in [0.2, 0.25) is 0 Å². The average Bonchev–Trinajstić information content (AvgIpc) is 2.88. The van der Waals surface area contributed by atoms with Crippen molar-refractivity contribution in [3.63, 3.8) is 0 Å². The maximum absolute atomic E-state index is 5.72. The van der Waals surface area contributed by atoms with Gasteiger partial charge in [0.05, 0.1) is 13.2 Å². The fourth-order valence-electron chi connectivity index (χ4n) is 2.74. The lowest BCUT2D eigenvalue weighted by Crippen LogP contribution is -2.37. The number of hydrogen-bond donors (Lipinski definition) is 1. The summed E-state index contributed by atoms with van der Waals surface area (Å²) in [5.41, 5.74) is 2.47. The van der Waals surface area contributed by atoms with Gasteiger partial charge in [0, 0.05) is 12.6 Å². The fraction of sp³-hybridized carbons (Fsp3) is 0.467. The van der Waals surface area contributed by atoms with Gasteiger partial charge >= 0.3 is 0 Å². The van der Waals surface area contributed by atoms with Gasteiger partial charge in [-0.3, -0.25) is 0 Å². The van der Waals surface area contributed by atoms with Crippen molar-refractivity contribution in [2.45, 2.75) is 25.2 Å². The quantitative estimate of drug-likeness (QED) is 0.663. The Morgan fingerprint density at radius 3 is 2.53 bits per heavy atom. The van der Waals surface area contributed by atoms with Crippen molar-refractivity contribution < 1.29 is 9.47 Å². The van der Waals surface area contributed by atoms with Crippen LogP contribution in [0.2, 0.25) is 0 Å². The van der Waals surface area contributed by atoms with E-state index >= 15 is 0 Å². The van der Waals surface area contributed by atoms with E-state index in [4.69, 9.17) is 9.47 Å². The minimum absolute atomic E-state index is 0.318. The zero-order valence-corrected chi connectivity index (χ0v) is 12.0. The van der Waals surface area contributed by atoms with E-state index in [1.165, 1.54) is 11.1 Å². The van der Waals surface area contributed by atoms with Crippen LogP contribution in [-0.4, -0.2) is 29.9 Å². The third kappa shape index (κ3) is 2.58. The molecule has 0 saturated carbocycles. The molecular formula is C15H19NO2S. The summed E-state index contributed by atoms with van der Waals surface area (Å²) >= 11 is 4.64. The van der Waals surface area contributed by atoms with Crippen molar-refractivity contribution >= 4 is 12.8 Å². The monoisotopic (exact) mass is 277 g/mol. The third-order valence-electron chi connectivity index (χ3n) is 3.89. The van der Waals surface area contributed by atoms with Crippen molar-refractivity contribution in [3.8, 4) is 0 Å². The minimum Gasteiger partial charge on any atom is -0.344 e. The maximum Gasteiger partial charge on any atom is 0.189 e. The SMILES string of the molecule is CC1(C2=CCC(c3ccccc3)N(S)C2)OCCO1. The molecule has 1 aromatic rings. The third-order valence-corrected chi connectivity index (χ3v) is 4.31. The van der Waals surface area contributed by atoms with Crippen molar-refractivity contribution in [3.05, 3.63) is 47.5 Å². The van der Waals surface area contributed by atoms with Gasteiger partial charge in [0.1, 0.15) is 0 Å². The first-order valence-corrected chi connectivity index (χ1v) is 7.07. The summed E-state index contributed by atoms with van der Waals surface area (Å²) in [4.78, 5) is 0. The van der Waals surface area contributed by atoms with Gasteiger partial charge in [-0.15, -0.1) is 0 Å². The van der Waals surface area contributed by atoms with Crippen molar-refractivity contribution in [2.24, 2.45) is 0 Å². The van der Waals surface area contributed by atoms with Gasteiger partial charge in [-0.1, -0.05) is 49.2 Å². The molecule has 4 heteroatoms. The second-order valence-corrected chi connectivity index (χ2v) is 5.65. The highest BCUT2D eigenvalue weighted by Gasteiger charge is 2.38. The highest BCUT2D eigenvalue weighted by atomic mass is 32.1. The lowest BCUT2D eigenvalue weighted by Gasteiger charge is -2.36. The molecule has 2 aliphatic rings. The molecule has 3 rings (SSSR count). The van der Waals surface area contributed by atoms with Gasteiger partial charge in [-0.25, -0.2) is 4.31 Å². The molecule has 0 bridgehead atoms. The second kappa shape index (κ2) is 5.29. The standard InChI is InChI=1S/C15H19NO2S/c1-15(17-9-10-18-15)13-7-8-14(16(19)11-13)12-5-3-2-4-6-12/h2-7,14,19H,8-11H2,1H3. The van der Waals surface area contributed by atoms with E-state index in [0.29, 0.717) is 19.3 Å². The summed E-state index contributed by atoms with van der Waals surface area (Å²) in [5, 5.41) is 0. The molecule has 102 valence electrons. The van der Waals surface area contributed by atoms with E-state index in [9.17, 15) is 0 Å². The molecule has 0 N–H and O–H groups in total. The molecule has 0 amide bonds. The second-order valence-electron chi connectivity index (χ2n) is 5.13. The Hall–Kier alpha value is -0.810. The molecule has 0 spiro atoms. The van der Waals surface area contributed by atoms with Crippen LogP contribution in [0, 0.1) is 0 Å². The number of rotatable bonds is 2. The normalized spacial score (nSPS) is 27.3. The predicted molar refractivity (Wildman–Crippen MR) is 77.9 cm³/mol. The smallest absolute Gasteiger partial charge is 0.189 e. The van der Waals surface area contributed by atoms with Gasteiger partial charge in [-0.05, 0) is 24.5 Å². The van der Waals surface area contributed by atoms with E-state index in [-0.39, 0.29) is 0 Å². The summed E-state index contributed by atoms with van der Waals surface area (Å²) < 4.78 is 13.5. The van der Waals surface area contributed by atoms with Gasteiger partial charge in [0.15, 0.2) is 5.79 Å². The number of nitrogens with zero attached hydrogens (tertiary/aromatic N) is 1. The van der Waals surface area contributed by atoms with Gasteiger partial charge in [-0.2, -0.15) is 0 Å². The predicted octanol–water partition coefficient (Wildman–Crippen LogP) is 2.97. The fourth-order valence-corrected chi connectivity index (χ4v) is 3.12. The van der Waals surface area contributed by atoms with E-state index in [1.54, 1.807) is 0 Å². The van der Waals surface area contributed by atoms with Crippen LogP contribution >= 0.6 is 12.8 Å². The molecule has 1 aromatic carbocycles. The highest BCUT2D eigenvalue weighted by Crippen LogP contribution is 2.37. The Labute approximate surface area is 119 Å². The molecule has 0 aromatic heterocycles. The van der Waals surface area contributed by atoms with Crippen LogP contribution in [0.25, 0.3) is 0 Å². The molecule has 1 atom stereocenters. The molecule has 1 unspecified atom stereocenters. The lowest BCUT2D eigenvalue weighted by molar-refractivity contribution is -0.113. The Bertz CT molecular complexity index is 468. The number of ether oxygens (including phenoxy) is 2. The molecule has 0 radical (unpaired) electrons. The molecule has 2 heterocycles. The lowest BCUT2D eigenvalue weighted by atomic mass is 9.95. The number of benzene rings is 1. The van der Waals surface area contributed by atoms with Crippen molar-refractivity contribution in [2.75, 3.05) is 19.8 Å². The summed E-state index contributed by atoms with van der Waals surface area (Å²) in [6, 6.07) is 10.8. The van der Waals surface area contributed by atoms with Gasteiger partial charge in [0.25, 0.3) is 0 Å². The maximum atomic E-state index is 5.72. The van der Waals surface area contributed by atoms with E-state index < -0.39 is 5.79 Å². The van der Waals surface area contributed by atoms with Crippen LogP contribution in [0.1, 0.15) is 24.9 Å². The van der Waals surface area contributed by atoms with Crippen LogP contribution in [0.3, 0.4) is 0 Å². The highest BCUT2D eigenvalue weighted by molar-refractivity contribution is 7.77. The summed E-state index contributed by atoms with van der Waals surface area (Å²) in [5.74, 6) is -0.553. The zero-order valence-electron chi connectivity index (χ0n) is 11.1. The largest absolute Gasteiger partial charge is 0.344 e. The number of thiol groups is 1. The average molecular weight is 277 g/mol. The minimum atomic E-state index is -0.553. The van der Waals surface area contributed by atoms with Gasteiger partial charge < -0.3 is 9.47 Å². The molecule has 0 aliphatic carbocycles. The molecule has 19 heavy (non-hydrogen) atoms. The Morgan fingerprint density at radius 1 is 1.21 bits per heavy atom. The van der Waals surface area contributed by atoms with Crippen molar-refractivity contribution in [1.29, 1.82) is 0 Å². The molecule has 1 saturated heterocycles. The van der Waals surface area contributed by atoms with Crippen LogP contribution in [0.15, 0.2) is 42.0 Å².